The van der Waals surface area contributed by atoms with Gasteiger partial charge in [0.2, 0.25) is 0 Å². The van der Waals surface area contributed by atoms with Crippen molar-refractivity contribution in [3.8, 4) is 0 Å². The summed E-state index contributed by atoms with van der Waals surface area (Å²) in [5.74, 6) is -2.31. The third kappa shape index (κ3) is 3.07. The Hall–Kier alpha value is -3.75. The number of halogens is 2. The molecule has 9 heteroatoms. The Morgan fingerprint density at radius 3 is 2.68 bits per heavy atom. The fourth-order valence-electron chi connectivity index (χ4n) is 3.22. The van der Waals surface area contributed by atoms with Crippen LogP contribution in [0, 0.1) is 11.6 Å². The van der Waals surface area contributed by atoms with Crippen LogP contribution >= 0.6 is 0 Å². The molecule has 2 heterocycles. The van der Waals surface area contributed by atoms with Gasteiger partial charge in [-0.1, -0.05) is 6.07 Å². The second-order valence-electron chi connectivity index (χ2n) is 6.33. The first-order valence-electron chi connectivity index (χ1n) is 8.40. The molecule has 0 bridgehead atoms. The van der Waals surface area contributed by atoms with E-state index in [1.165, 1.54) is 13.0 Å². The number of H-pyrrole nitrogens is 1. The predicted octanol–water partition coefficient (Wildman–Crippen LogP) is 3.11. The second-order valence-corrected chi connectivity index (χ2v) is 6.33. The Kier molecular flexibility index (Phi) is 4.26. The molecule has 1 atom stereocenters. The Balaban J connectivity index is 1.72. The van der Waals surface area contributed by atoms with Crippen LogP contribution in [0.5, 0.6) is 0 Å². The van der Waals surface area contributed by atoms with Crippen molar-refractivity contribution < 1.29 is 18.4 Å². The van der Waals surface area contributed by atoms with Gasteiger partial charge in [0.25, 0.3) is 5.91 Å². The van der Waals surface area contributed by atoms with E-state index in [0.29, 0.717) is 5.69 Å². The van der Waals surface area contributed by atoms with E-state index in [0.717, 1.165) is 23.0 Å². The highest BCUT2D eigenvalue weighted by molar-refractivity contribution is 6.07. The lowest BCUT2D eigenvalue weighted by Gasteiger charge is -2.29. The number of urea groups is 1. The van der Waals surface area contributed by atoms with Gasteiger partial charge in [0.05, 0.1) is 28.9 Å². The third-order valence-electron chi connectivity index (χ3n) is 4.50. The van der Waals surface area contributed by atoms with Crippen LogP contribution in [0.1, 0.15) is 18.5 Å². The maximum absolute atomic E-state index is 14.3. The number of anilines is 1. The average Bonchev–Trinajstić information content (AvgIpc) is 3.08. The number of nitrogens with zero attached hydrogens (tertiary/aromatic N) is 1. The van der Waals surface area contributed by atoms with Crippen molar-refractivity contribution in [2.24, 2.45) is 0 Å². The van der Waals surface area contributed by atoms with Crippen LogP contribution in [0.25, 0.3) is 10.9 Å². The van der Waals surface area contributed by atoms with Crippen molar-refractivity contribution in [3.63, 3.8) is 0 Å². The number of carbonyl (C=O) groups is 2. The van der Waals surface area contributed by atoms with Crippen LogP contribution in [0.3, 0.4) is 0 Å². The minimum Gasteiger partial charge on any atom is -0.326 e. The number of fused-ring (bicyclic) bond motifs is 1. The van der Waals surface area contributed by atoms with E-state index in [4.69, 9.17) is 0 Å². The van der Waals surface area contributed by atoms with Crippen LogP contribution in [-0.4, -0.2) is 22.1 Å². The quantitative estimate of drug-likeness (QED) is 0.559. The molecular weight excluding hydrogens is 368 g/mol. The summed E-state index contributed by atoms with van der Waals surface area (Å²) in [6, 6.07) is 6.56. The predicted molar refractivity (Wildman–Crippen MR) is 98.2 cm³/mol. The van der Waals surface area contributed by atoms with Gasteiger partial charge in [-0.2, -0.15) is 5.10 Å². The number of aromatic amines is 1. The highest BCUT2D eigenvalue weighted by Crippen LogP contribution is 2.31. The molecule has 0 aliphatic carbocycles. The van der Waals surface area contributed by atoms with Crippen LogP contribution in [0.4, 0.5) is 19.3 Å². The number of hydrogen-bond donors (Lipinski definition) is 4. The topological polar surface area (TPSA) is 98.9 Å². The molecule has 2 aromatic carbocycles. The van der Waals surface area contributed by atoms with Gasteiger partial charge in [-0.15, -0.1) is 0 Å². The van der Waals surface area contributed by atoms with Crippen molar-refractivity contribution in [2.75, 3.05) is 5.32 Å². The number of nitrogens with one attached hydrogen (secondary N) is 4. The molecule has 3 aromatic rings. The first kappa shape index (κ1) is 17.7. The first-order valence-corrected chi connectivity index (χ1v) is 8.40. The minimum atomic E-state index is -1.27. The normalized spacial score (nSPS) is 16.7. The zero-order valence-corrected chi connectivity index (χ0v) is 14.6. The first-order chi connectivity index (χ1) is 13.4. The molecule has 142 valence electrons. The molecular formula is C19H15F2N5O2. The summed E-state index contributed by atoms with van der Waals surface area (Å²) in [5.41, 5.74) is 1.09. The minimum absolute atomic E-state index is 0.0101. The number of benzene rings is 2. The van der Waals surface area contributed by atoms with Crippen molar-refractivity contribution in [1.82, 2.24) is 20.8 Å². The summed E-state index contributed by atoms with van der Waals surface area (Å²) in [6.45, 7) is 1.50. The van der Waals surface area contributed by atoms with Crippen LogP contribution in [0.15, 0.2) is 53.9 Å². The second kappa shape index (κ2) is 6.76. The highest BCUT2D eigenvalue weighted by Gasteiger charge is 2.34. The molecule has 7 nitrogen and oxygen atoms in total. The largest absolute Gasteiger partial charge is 0.326 e. The van der Waals surface area contributed by atoms with Gasteiger partial charge in [0.15, 0.2) is 0 Å². The summed E-state index contributed by atoms with van der Waals surface area (Å²) >= 11 is 0. The Bertz CT molecular complexity index is 1120. The summed E-state index contributed by atoms with van der Waals surface area (Å²) in [4.78, 5) is 24.8. The summed E-state index contributed by atoms with van der Waals surface area (Å²) in [7, 11) is 0. The van der Waals surface area contributed by atoms with Crippen LogP contribution in [0.2, 0.25) is 0 Å². The maximum Gasteiger partial charge on any atom is 0.319 e. The summed E-state index contributed by atoms with van der Waals surface area (Å²) < 4.78 is 28.6. The molecule has 0 saturated heterocycles. The standard InChI is InChI=1S/C19H15F2N5O2/c1-9-15(18(27)24-11-5-6-14-10(7-11)8-22-26-14)17(25-19(28)23-9)16-12(20)3-2-4-13(16)21/h2-8,17H,1H3,(H,22,26)(H,24,27)(H2,23,25,28). The van der Waals surface area contributed by atoms with Crippen LogP contribution < -0.4 is 16.0 Å². The number of amides is 3. The average molecular weight is 383 g/mol. The smallest absolute Gasteiger partial charge is 0.319 e. The van der Waals surface area contributed by atoms with E-state index in [2.05, 4.69) is 26.1 Å². The Labute approximate surface area is 157 Å². The van der Waals surface area contributed by atoms with E-state index in [9.17, 15) is 18.4 Å². The third-order valence-corrected chi connectivity index (χ3v) is 4.50. The fourth-order valence-corrected chi connectivity index (χ4v) is 3.22. The zero-order chi connectivity index (χ0) is 19.8. The molecule has 1 aromatic heterocycles. The molecule has 0 fully saturated rings. The zero-order valence-electron chi connectivity index (χ0n) is 14.6. The van der Waals surface area contributed by atoms with E-state index in [-0.39, 0.29) is 11.3 Å². The molecule has 28 heavy (non-hydrogen) atoms. The summed E-state index contributed by atoms with van der Waals surface area (Å²) in [5, 5.41) is 15.1. The van der Waals surface area contributed by atoms with Gasteiger partial charge in [0.1, 0.15) is 11.6 Å². The van der Waals surface area contributed by atoms with Crippen molar-refractivity contribution in [3.05, 3.63) is 71.1 Å². The van der Waals surface area contributed by atoms with E-state index >= 15 is 0 Å². The molecule has 0 saturated carbocycles. The lowest BCUT2D eigenvalue weighted by atomic mass is 9.94. The number of hydrogen-bond acceptors (Lipinski definition) is 3. The number of rotatable bonds is 3. The maximum atomic E-state index is 14.3. The van der Waals surface area contributed by atoms with Gasteiger partial charge >= 0.3 is 6.03 Å². The molecule has 3 amide bonds. The van der Waals surface area contributed by atoms with E-state index < -0.39 is 35.2 Å². The van der Waals surface area contributed by atoms with E-state index in [1.807, 2.05) is 0 Å². The molecule has 0 radical (unpaired) electrons. The van der Waals surface area contributed by atoms with Gasteiger partial charge in [0, 0.05) is 16.8 Å². The van der Waals surface area contributed by atoms with Crippen molar-refractivity contribution in [1.29, 1.82) is 0 Å². The van der Waals surface area contributed by atoms with Gasteiger partial charge in [-0.3, -0.25) is 9.89 Å². The van der Waals surface area contributed by atoms with Crippen LogP contribution in [-0.2, 0) is 4.79 Å². The molecule has 4 N–H and O–H groups in total. The SMILES string of the molecule is CC1=C(C(=O)Nc2ccc3[nH]ncc3c2)C(c2c(F)cccc2F)NC(=O)N1. The van der Waals surface area contributed by atoms with E-state index in [1.54, 1.807) is 24.4 Å². The van der Waals surface area contributed by atoms with Crippen molar-refractivity contribution >= 4 is 28.5 Å². The summed E-state index contributed by atoms with van der Waals surface area (Å²) in [6.07, 6.45) is 1.61. The lowest BCUT2D eigenvalue weighted by Crippen LogP contribution is -2.46. The monoisotopic (exact) mass is 383 g/mol. The van der Waals surface area contributed by atoms with Crippen molar-refractivity contribution in [2.45, 2.75) is 13.0 Å². The number of allylic oxidation sites excluding steroid dienone is 1. The molecule has 1 unspecified atom stereocenters. The number of carbonyl (C=O) groups excluding carboxylic acids is 2. The Morgan fingerprint density at radius 2 is 1.93 bits per heavy atom. The fraction of sp³-hybridized carbons (Fsp3) is 0.105. The molecule has 0 spiro atoms. The van der Waals surface area contributed by atoms with Gasteiger partial charge in [-0.05, 0) is 37.3 Å². The van der Waals surface area contributed by atoms with Gasteiger partial charge in [-0.25, -0.2) is 13.6 Å². The van der Waals surface area contributed by atoms with Gasteiger partial charge < -0.3 is 16.0 Å². The lowest BCUT2D eigenvalue weighted by molar-refractivity contribution is -0.113. The molecule has 1 aliphatic heterocycles. The molecule has 4 rings (SSSR count). The highest BCUT2D eigenvalue weighted by atomic mass is 19.1. The Morgan fingerprint density at radius 1 is 1.18 bits per heavy atom. The molecule has 1 aliphatic rings. The number of aromatic nitrogens is 2.